The number of nitro groups is 1. The van der Waals surface area contributed by atoms with E-state index in [0.717, 1.165) is 36.7 Å². The monoisotopic (exact) mass is 364 g/mol. The first-order chi connectivity index (χ1) is 11.9. The van der Waals surface area contributed by atoms with Gasteiger partial charge in [0.05, 0.1) is 20.4 Å². The van der Waals surface area contributed by atoms with E-state index >= 15 is 0 Å². The van der Waals surface area contributed by atoms with Crippen molar-refractivity contribution in [1.82, 2.24) is 15.0 Å². The molecule has 0 radical (unpaired) electrons. The molecule has 3 rings (SSSR count). The minimum Gasteiger partial charge on any atom is -0.361 e. The van der Waals surface area contributed by atoms with Crippen molar-refractivity contribution in [2.24, 2.45) is 0 Å². The fraction of sp³-hybridized carbons (Fsp3) is 0.500. The lowest BCUT2D eigenvalue weighted by atomic mass is 10.1. The van der Waals surface area contributed by atoms with Gasteiger partial charge < -0.3 is 9.42 Å². The van der Waals surface area contributed by atoms with Gasteiger partial charge in [-0.1, -0.05) is 5.16 Å². The van der Waals surface area contributed by atoms with E-state index in [1.807, 2.05) is 13.8 Å². The molecule has 3 heterocycles. The Morgan fingerprint density at radius 3 is 2.52 bits per heavy atom. The van der Waals surface area contributed by atoms with Crippen LogP contribution in [-0.4, -0.2) is 52.0 Å². The molecule has 8 nitrogen and oxygen atoms in total. The number of nitrogens with zero attached hydrogens (tertiary/aromatic N) is 4. The van der Waals surface area contributed by atoms with Crippen molar-refractivity contribution in [2.45, 2.75) is 27.3 Å². The Morgan fingerprint density at radius 2 is 2.00 bits per heavy atom. The summed E-state index contributed by atoms with van der Waals surface area (Å²) in [7, 11) is 0. The number of carbonyl (C=O) groups excluding carboxylic acids is 1. The number of carbonyl (C=O) groups is 1. The van der Waals surface area contributed by atoms with E-state index in [-0.39, 0.29) is 11.6 Å². The first kappa shape index (κ1) is 17.6. The predicted molar refractivity (Wildman–Crippen MR) is 92.9 cm³/mol. The Balaban J connectivity index is 1.61. The summed E-state index contributed by atoms with van der Waals surface area (Å²) in [5, 5.41) is 14.9. The maximum Gasteiger partial charge on any atom is 0.283 e. The first-order valence-electron chi connectivity index (χ1n) is 8.05. The number of thiophene rings is 1. The number of piperazine rings is 1. The molecule has 0 aliphatic carbocycles. The summed E-state index contributed by atoms with van der Waals surface area (Å²) in [4.78, 5) is 28.1. The molecule has 1 amide bonds. The number of amides is 1. The summed E-state index contributed by atoms with van der Waals surface area (Å²) in [6.45, 7) is 8.97. The predicted octanol–water partition coefficient (Wildman–Crippen LogP) is 2.53. The van der Waals surface area contributed by atoms with Crippen molar-refractivity contribution in [1.29, 1.82) is 0 Å². The molecule has 25 heavy (non-hydrogen) atoms. The van der Waals surface area contributed by atoms with Gasteiger partial charge in [0.15, 0.2) is 0 Å². The maximum absolute atomic E-state index is 12.6. The van der Waals surface area contributed by atoms with Crippen LogP contribution >= 0.6 is 11.3 Å². The van der Waals surface area contributed by atoms with Crippen LogP contribution in [0.15, 0.2) is 10.6 Å². The standard InChI is InChI=1S/C16H20N4O4S/c1-10-13(11(2)24-17-10)9-18-4-6-19(7-5-18)16(21)15-8-14(20(22)23)12(3)25-15/h8H,4-7,9H2,1-3H3. The molecule has 0 aromatic carbocycles. The van der Waals surface area contributed by atoms with Gasteiger partial charge in [-0.3, -0.25) is 19.8 Å². The Morgan fingerprint density at radius 1 is 1.32 bits per heavy atom. The quantitative estimate of drug-likeness (QED) is 0.611. The van der Waals surface area contributed by atoms with Crippen LogP contribution in [0.3, 0.4) is 0 Å². The molecule has 1 aliphatic rings. The molecular formula is C16H20N4O4S. The van der Waals surface area contributed by atoms with Crippen LogP contribution in [0.4, 0.5) is 5.69 Å². The molecule has 1 aliphatic heterocycles. The van der Waals surface area contributed by atoms with Gasteiger partial charge in [-0.05, 0) is 20.8 Å². The van der Waals surface area contributed by atoms with Crippen LogP contribution < -0.4 is 0 Å². The average molecular weight is 364 g/mol. The van der Waals surface area contributed by atoms with Crippen molar-refractivity contribution in [3.63, 3.8) is 0 Å². The smallest absolute Gasteiger partial charge is 0.283 e. The van der Waals surface area contributed by atoms with E-state index in [2.05, 4.69) is 10.1 Å². The lowest BCUT2D eigenvalue weighted by Gasteiger charge is -2.34. The number of rotatable bonds is 4. The molecule has 134 valence electrons. The van der Waals surface area contributed by atoms with Gasteiger partial charge in [0, 0.05) is 44.4 Å². The van der Waals surface area contributed by atoms with Crippen LogP contribution in [0.25, 0.3) is 0 Å². The number of aryl methyl sites for hydroxylation is 3. The van der Waals surface area contributed by atoms with E-state index in [0.29, 0.717) is 22.8 Å². The normalized spacial score (nSPS) is 15.6. The molecule has 0 unspecified atom stereocenters. The second-order valence-corrected chi connectivity index (χ2v) is 7.44. The maximum atomic E-state index is 12.6. The Bertz CT molecular complexity index is 786. The van der Waals surface area contributed by atoms with Gasteiger partial charge >= 0.3 is 0 Å². The molecule has 1 saturated heterocycles. The minimum absolute atomic E-state index is 0.0189. The largest absolute Gasteiger partial charge is 0.361 e. The summed E-state index contributed by atoms with van der Waals surface area (Å²) >= 11 is 1.19. The third-order valence-corrected chi connectivity index (χ3v) is 5.55. The second kappa shape index (κ2) is 6.93. The van der Waals surface area contributed by atoms with E-state index in [4.69, 9.17) is 4.52 Å². The van der Waals surface area contributed by atoms with Crippen molar-refractivity contribution in [3.8, 4) is 0 Å². The molecule has 0 saturated carbocycles. The van der Waals surface area contributed by atoms with Crippen molar-refractivity contribution in [3.05, 3.63) is 43.0 Å². The zero-order chi connectivity index (χ0) is 18.1. The summed E-state index contributed by atoms with van der Waals surface area (Å²) in [6.07, 6.45) is 0. The highest BCUT2D eigenvalue weighted by atomic mass is 32.1. The van der Waals surface area contributed by atoms with Crippen LogP contribution in [0, 0.1) is 30.9 Å². The zero-order valence-corrected chi connectivity index (χ0v) is 15.3. The van der Waals surface area contributed by atoms with Gasteiger partial charge in [0.1, 0.15) is 5.76 Å². The molecule has 0 atom stereocenters. The number of hydrogen-bond acceptors (Lipinski definition) is 7. The SMILES string of the molecule is Cc1noc(C)c1CN1CCN(C(=O)c2cc([N+](=O)[O-])c(C)s2)CC1. The molecular weight excluding hydrogens is 344 g/mol. The highest BCUT2D eigenvalue weighted by molar-refractivity contribution is 7.14. The van der Waals surface area contributed by atoms with Crippen molar-refractivity contribution in [2.75, 3.05) is 26.2 Å². The van der Waals surface area contributed by atoms with E-state index in [1.54, 1.807) is 11.8 Å². The Hall–Kier alpha value is -2.26. The van der Waals surface area contributed by atoms with Gasteiger partial charge in [0.2, 0.25) is 0 Å². The summed E-state index contributed by atoms with van der Waals surface area (Å²) in [5.41, 5.74) is 2.02. The molecule has 2 aromatic rings. The average Bonchev–Trinajstić information content (AvgIpc) is 3.12. The minimum atomic E-state index is -0.440. The number of aromatic nitrogens is 1. The van der Waals surface area contributed by atoms with Crippen LogP contribution in [0.2, 0.25) is 0 Å². The fourth-order valence-corrected chi connectivity index (χ4v) is 3.93. The molecule has 0 N–H and O–H groups in total. The number of hydrogen-bond donors (Lipinski definition) is 0. The highest BCUT2D eigenvalue weighted by Crippen LogP contribution is 2.29. The van der Waals surface area contributed by atoms with Gasteiger partial charge in [-0.2, -0.15) is 0 Å². The second-order valence-electron chi connectivity index (χ2n) is 6.18. The van der Waals surface area contributed by atoms with Crippen LogP contribution in [0.5, 0.6) is 0 Å². The van der Waals surface area contributed by atoms with Gasteiger partial charge in [-0.25, -0.2) is 0 Å². The van der Waals surface area contributed by atoms with E-state index in [9.17, 15) is 14.9 Å². The highest BCUT2D eigenvalue weighted by Gasteiger charge is 2.27. The van der Waals surface area contributed by atoms with Gasteiger partial charge in [0.25, 0.3) is 11.6 Å². The van der Waals surface area contributed by atoms with Crippen molar-refractivity contribution >= 4 is 22.9 Å². The van der Waals surface area contributed by atoms with Crippen LogP contribution in [-0.2, 0) is 6.54 Å². The lowest BCUT2D eigenvalue weighted by Crippen LogP contribution is -2.48. The zero-order valence-electron chi connectivity index (χ0n) is 14.4. The van der Waals surface area contributed by atoms with Crippen molar-refractivity contribution < 1.29 is 14.2 Å². The molecule has 0 spiro atoms. The molecule has 2 aromatic heterocycles. The summed E-state index contributed by atoms with van der Waals surface area (Å²) < 4.78 is 5.19. The molecule has 0 bridgehead atoms. The molecule has 1 fully saturated rings. The summed E-state index contributed by atoms with van der Waals surface area (Å²) in [6, 6.07) is 1.39. The Labute approximate surface area is 149 Å². The third kappa shape index (κ3) is 3.57. The van der Waals surface area contributed by atoms with E-state index in [1.165, 1.54) is 17.4 Å². The fourth-order valence-electron chi connectivity index (χ4n) is 2.98. The van der Waals surface area contributed by atoms with E-state index < -0.39 is 4.92 Å². The Kier molecular flexibility index (Phi) is 4.87. The van der Waals surface area contributed by atoms with Gasteiger partial charge in [-0.15, -0.1) is 11.3 Å². The topological polar surface area (TPSA) is 92.7 Å². The summed E-state index contributed by atoms with van der Waals surface area (Å²) in [5.74, 6) is 0.704. The third-order valence-electron chi connectivity index (χ3n) is 4.52. The lowest BCUT2D eigenvalue weighted by molar-refractivity contribution is -0.385. The van der Waals surface area contributed by atoms with Crippen LogP contribution in [0.1, 0.15) is 31.6 Å². The molecule has 9 heteroatoms. The first-order valence-corrected chi connectivity index (χ1v) is 8.86.